The highest BCUT2D eigenvalue weighted by molar-refractivity contribution is 6.33. The van der Waals surface area contributed by atoms with Gasteiger partial charge in [-0.25, -0.2) is 0 Å². The second-order valence-electron chi connectivity index (χ2n) is 4.35. The van der Waals surface area contributed by atoms with Crippen LogP contribution in [0.4, 0.5) is 0 Å². The van der Waals surface area contributed by atoms with Gasteiger partial charge in [-0.1, -0.05) is 31.0 Å². The lowest BCUT2D eigenvalue weighted by Gasteiger charge is -2.22. The van der Waals surface area contributed by atoms with Crippen molar-refractivity contribution in [2.45, 2.75) is 26.7 Å². The number of carbonyl (C=O) groups excluding carboxylic acids is 1. The molecule has 0 spiro atoms. The normalized spacial score (nSPS) is 10.4. The summed E-state index contributed by atoms with van der Waals surface area (Å²) in [7, 11) is 0. The molecule has 0 saturated heterocycles. The van der Waals surface area contributed by atoms with Crippen molar-refractivity contribution in [3.05, 3.63) is 34.3 Å². The second kappa shape index (κ2) is 7.39. The standard InChI is InChI=1S/C14H20ClNO2/c1-3-4-7-16(8-9-17)14(18)12-6-5-11(2)10-13(12)15/h5-6,10,17H,3-4,7-9H2,1-2H3. The van der Waals surface area contributed by atoms with E-state index in [1.807, 2.05) is 13.0 Å². The van der Waals surface area contributed by atoms with Crippen molar-refractivity contribution in [2.24, 2.45) is 0 Å². The van der Waals surface area contributed by atoms with Gasteiger partial charge in [0.2, 0.25) is 0 Å². The Hall–Kier alpha value is -1.06. The van der Waals surface area contributed by atoms with Crippen molar-refractivity contribution in [3.63, 3.8) is 0 Å². The quantitative estimate of drug-likeness (QED) is 0.863. The fourth-order valence-corrected chi connectivity index (χ4v) is 2.06. The van der Waals surface area contributed by atoms with E-state index in [0.29, 0.717) is 23.7 Å². The molecule has 4 heteroatoms. The lowest BCUT2D eigenvalue weighted by molar-refractivity contribution is 0.0719. The van der Waals surface area contributed by atoms with E-state index in [1.165, 1.54) is 0 Å². The monoisotopic (exact) mass is 269 g/mol. The molecule has 0 unspecified atom stereocenters. The Bertz CT molecular complexity index is 407. The third-order valence-corrected chi connectivity index (χ3v) is 3.11. The lowest BCUT2D eigenvalue weighted by Crippen LogP contribution is -2.34. The fraction of sp³-hybridized carbons (Fsp3) is 0.500. The minimum absolute atomic E-state index is 0.0288. The number of aliphatic hydroxyl groups is 1. The van der Waals surface area contributed by atoms with Gasteiger partial charge < -0.3 is 10.0 Å². The first-order chi connectivity index (χ1) is 8.60. The van der Waals surface area contributed by atoms with Crippen LogP contribution >= 0.6 is 11.6 Å². The zero-order chi connectivity index (χ0) is 13.5. The van der Waals surface area contributed by atoms with Crippen molar-refractivity contribution >= 4 is 17.5 Å². The molecular weight excluding hydrogens is 250 g/mol. The number of aryl methyl sites for hydroxylation is 1. The zero-order valence-corrected chi connectivity index (χ0v) is 11.7. The Morgan fingerprint density at radius 1 is 1.39 bits per heavy atom. The molecule has 0 aromatic heterocycles. The third kappa shape index (κ3) is 4.00. The van der Waals surface area contributed by atoms with E-state index in [9.17, 15) is 4.79 Å². The number of carbonyl (C=O) groups is 1. The van der Waals surface area contributed by atoms with Crippen LogP contribution in [0.2, 0.25) is 5.02 Å². The minimum atomic E-state index is -0.109. The van der Waals surface area contributed by atoms with Gasteiger partial charge in [-0.3, -0.25) is 4.79 Å². The van der Waals surface area contributed by atoms with Crippen molar-refractivity contribution < 1.29 is 9.90 Å². The number of unbranched alkanes of at least 4 members (excludes halogenated alkanes) is 1. The van der Waals surface area contributed by atoms with Gasteiger partial charge >= 0.3 is 0 Å². The maximum atomic E-state index is 12.3. The Morgan fingerprint density at radius 3 is 2.67 bits per heavy atom. The molecule has 1 rings (SSSR count). The highest BCUT2D eigenvalue weighted by Gasteiger charge is 2.17. The Kier molecular flexibility index (Phi) is 6.16. The SMILES string of the molecule is CCCCN(CCO)C(=O)c1ccc(C)cc1Cl. The van der Waals surface area contributed by atoms with Crippen LogP contribution in [0, 0.1) is 6.92 Å². The smallest absolute Gasteiger partial charge is 0.255 e. The summed E-state index contributed by atoms with van der Waals surface area (Å²) in [4.78, 5) is 14.0. The van der Waals surface area contributed by atoms with Crippen LogP contribution in [0.3, 0.4) is 0 Å². The Balaban J connectivity index is 2.87. The van der Waals surface area contributed by atoms with E-state index < -0.39 is 0 Å². The van der Waals surface area contributed by atoms with E-state index in [0.717, 1.165) is 18.4 Å². The molecule has 0 radical (unpaired) electrons. The summed E-state index contributed by atoms with van der Waals surface area (Å²) >= 11 is 6.09. The number of aliphatic hydroxyl groups excluding tert-OH is 1. The molecule has 1 N–H and O–H groups in total. The molecular formula is C14H20ClNO2. The summed E-state index contributed by atoms with van der Waals surface area (Å²) in [5.74, 6) is -0.109. The maximum absolute atomic E-state index is 12.3. The average Bonchev–Trinajstić information content (AvgIpc) is 2.33. The van der Waals surface area contributed by atoms with E-state index in [1.54, 1.807) is 17.0 Å². The number of nitrogens with zero attached hydrogens (tertiary/aromatic N) is 1. The molecule has 0 bridgehead atoms. The molecule has 1 amide bonds. The number of halogens is 1. The van der Waals surface area contributed by atoms with E-state index >= 15 is 0 Å². The van der Waals surface area contributed by atoms with Crippen LogP contribution in [0.5, 0.6) is 0 Å². The number of hydrogen-bond donors (Lipinski definition) is 1. The number of rotatable bonds is 6. The molecule has 18 heavy (non-hydrogen) atoms. The highest BCUT2D eigenvalue weighted by atomic mass is 35.5. The van der Waals surface area contributed by atoms with Crippen LogP contribution in [-0.4, -0.2) is 35.6 Å². The minimum Gasteiger partial charge on any atom is -0.395 e. The molecule has 0 fully saturated rings. The first kappa shape index (κ1) is 15.0. The summed E-state index contributed by atoms with van der Waals surface area (Å²) in [6.45, 7) is 4.98. The van der Waals surface area contributed by atoms with E-state index in [2.05, 4.69) is 6.92 Å². The van der Waals surface area contributed by atoms with Crippen molar-refractivity contribution in [3.8, 4) is 0 Å². The van der Waals surface area contributed by atoms with Gasteiger partial charge in [0, 0.05) is 13.1 Å². The molecule has 1 aromatic carbocycles. The molecule has 0 saturated carbocycles. The summed E-state index contributed by atoms with van der Waals surface area (Å²) in [5, 5.41) is 9.49. The predicted octanol–water partition coefficient (Wildman–Crippen LogP) is 2.88. The molecule has 0 aliphatic carbocycles. The molecule has 1 aromatic rings. The van der Waals surface area contributed by atoms with Gasteiger partial charge in [0.25, 0.3) is 5.91 Å². The molecule has 100 valence electrons. The van der Waals surface area contributed by atoms with Crippen molar-refractivity contribution in [1.82, 2.24) is 4.90 Å². The van der Waals surface area contributed by atoms with Crippen LogP contribution in [0.1, 0.15) is 35.7 Å². The van der Waals surface area contributed by atoms with Crippen molar-refractivity contribution in [1.29, 1.82) is 0 Å². The van der Waals surface area contributed by atoms with E-state index in [4.69, 9.17) is 16.7 Å². The number of hydrogen-bond acceptors (Lipinski definition) is 2. The third-order valence-electron chi connectivity index (χ3n) is 2.79. The van der Waals surface area contributed by atoms with Gasteiger partial charge in [0.1, 0.15) is 0 Å². The molecule has 0 aliphatic heterocycles. The number of amides is 1. The summed E-state index contributed by atoms with van der Waals surface area (Å²) in [5.41, 5.74) is 1.53. The van der Waals surface area contributed by atoms with Crippen molar-refractivity contribution in [2.75, 3.05) is 19.7 Å². The van der Waals surface area contributed by atoms with E-state index in [-0.39, 0.29) is 12.5 Å². The maximum Gasteiger partial charge on any atom is 0.255 e. The van der Waals surface area contributed by atoms with Gasteiger partial charge in [-0.15, -0.1) is 0 Å². The second-order valence-corrected chi connectivity index (χ2v) is 4.76. The van der Waals surface area contributed by atoms with Gasteiger partial charge in [0.05, 0.1) is 17.2 Å². The van der Waals surface area contributed by atoms with Crippen LogP contribution < -0.4 is 0 Å². The fourth-order valence-electron chi connectivity index (χ4n) is 1.75. The summed E-state index contributed by atoms with van der Waals surface area (Å²) in [6.07, 6.45) is 1.94. The molecule has 0 heterocycles. The topological polar surface area (TPSA) is 40.5 Å². The zero-order valence-electron chi connectivity index (χ0n) is 10.9. The average molecular weight is 270 g/mol. The Morgan fingerprint density at radius 2 is 2.11 bits per heavy atom. The molecule has 0 atom stereocenters. The largest absolute Gasteiger partial charge is 0.395 e. The summed E-state index contributed by atoms with van der Waals surface area (Å²) < 4.78 is 0. The number of benzene rings is 1. The molecule has 0 aliphatic rings. The highest BCUT2D eigenvalue weighted by Crippen LogP contribution is 2.19. The van der Waals surface area contributed by atoms with Gasteiger partial charge in [-0.2, -0.15) is 0 Å². The summed E-state index contributed by atoms with van der Waals surface area (Å²) in [6, 6.07) is 5.40. The van der Waals surface area contributed by atoms with Crippen LogP contribution in [0.25, 0.3) is 0 Å². The predicted molar refractivity (Wildman–Crippen MR) is 74.1 cm³/mol. The Labute approximate surface area is 113 Å². The first-order valence-electron chi connectivity index (χ1n) is 6.26. The lowest BCUT2D eigenvalue weighted by atomic mass is 10.1. The first-order valence-corrected chi connectivity index (χ1v) is 6.64. The van der Waals surface area contributed by atoms with Crippen LogP contribution in [0.15, 0.2) is 18.2 Å². The van der Waals surface area contributed by atoms with Crippen LogP contribution in [-0.2, 0) is 0 Å². The van der Waals surface area contributed by atoms with Gasteiger partial charge in [0.15, 0.2) is 0 Å². The van der Waals surface area contributed by atoms with Gasteiger partial charge in [-0.05, 0) is 31.0 Å². The molecule has 3 nitrogen and oxygen atoms in total.